The molecule has 0 unspecified atom stereocenters. The SMILES string of the molecule is CCCC[C@H](N)C(=O)OCc1ccc(OC)cc1. The highest BCUT2D eigenvalue weighted by atomic mass is 16.5. The number of carbonyl (C=O) groups is 1. The molecule has 18 heavy (non-hydrogen) atoms. The Morgan fingerprint density at radius 1 is 1.33 bits per heavy atom. The second kappa shape index (κ2) is 7.71. The molecule has 0 aliphatic heterocycles. The predicted molar refractivity (Wildman–Crippen MR) is 70.3 cm³/mol. The van der Waals surface area contributed by atoms with Gasteiger partial charge in [0.15, 0.2) is 0 Å². The number of rotatable bonds is 7. The van der Waals surface area contributed by atoms with Crippen LogP contribution >= 0.6 is 0 Å². The summed E-state index contributed by atoms with van der Waals surface area (Å²) in [6, 6.07) is 6.89. The summed E-state index contributed by atoms with van der Waals surface area (Å²) >= 11 is 0. The molecule has 0 aromatic heterocycles. The minimum absolute atomic E-state index is 0.253. The van der Waals surface area contributed by atoms with Crippen LogP contribution < -0.4 is 10.5 Å². The smallest absolute Gasteiger partial charge is 0.323 e. The third kappa shape index (κ3) is 4.75. The van der Waals surface area contributed by atoms with Crippen LogP contribution in [-0.4, -0.2) is 19.1 Å². The predicted octanol–water partition coefficient (Wildman–Crippen LogP) is 2.26. The van der Waals surface area contributed by atoms with Crippen molar-refractivity contribution in [2.75, 3.05) is 7.11 Å². The molecule has 0 aliphatic rings. The van der Waals surface area contributed by atoms with Crippen LogP contribution in [0.15, 0.2) is 24.3 Å². The lowest BCUT2D eigenvalue weighted by atomic mass is 10.1. The first-order valence-electron chi connectivity index (χ1n) is 6.22. The molecule has 0 aliphatic carbocycles. The second-order valence-corrected chi connectivity index (χ2v) is 4.20. The van der Waals surface area contributed by atoms with Gasteiger partial charge in [-0.25, -0.2) is 0 Å². The van der Waals surface area contributed by atoms with Crippen LogP contribution in [0.3, 0.4) is 0 Å². The fourth-order valence-electron chi connectivity index (χ4n) is 1.53. The lowest BCUT2D eigenvalue weighted by Gasteiger charge is -2.11. The highest BCUT2D eigenvalue weighted by Crippen LogP contribution is 2.12. The van der Waals surface area contributed by atoms with E-state index < -0.39 is 6.04 Å². The Morgan fingerprint density at radius 3 is 2.56 bits per heavy atom. The van der Waals surface area contributed by atoms with Crippen LogP contribution in [0.25, 0.3) is 0 Å². The van der Waals surface area contributed by atoms with Crippen LogP contribution in [0.4, 0.5) is 0 Å². The van der Waals surface area contributed by atoms with E-state index in [4.69, 9.17) is 15.2 Å². The number of carbonyl (C=O) groups excluding carboxylic acids is 1. The van der Waals surface area contributed by atoms with E-state index in [1.54, 1.807) is 7.11 Å². The van der Waals surface area contributed by atoms with E-state index in [0.29, 0.717) is 6.42 Å². The Kier molecular flexibility index (Phi) is 6.22. The van der Waals surface area contributed by atoms with Crippen molar-refractivity contribution in [2.24, 2.45) is 5.73 Å². The van der Waals surface area contributed by atoms with E-state index in [1.165, 1.54) is 0 Å². The van der Waals surface area contributed by atoms with Crippen LogP contribution in [0, 0.1) is 0 Å². The first-order chi connectivity index (χ1) is 8.67. The van der Waals surface area contributed by atoms with Gasteiger partial charge in [0.05, 0.1) is 7.11 Å². The number of hydrogen-bond acceptors (Lipinski definition) is 4. The van der Waals surface area contributed by atoms with Crippen LogP contribution in [0.2, 0.25) is 0 Å². The Hall–Kier alpha value is -1.55. The minimum atomic E-state index is -0.511. The molecule has 0 heterocycles. The summed E-state index contributed by atoms with van der Waals surface area (Å²) in [6.45, 7) is 2.32. The molecule has 0 fully saturated rings. The molecule has 100 valence electrons. The molecule has 1 aromatic rings. The van der Waals surface area contributed by atoms with Crippen molar-refractivity contribution in [3.8, 4) is 5.75 Å². The van der Waals surface area contributed by atoms with Crippen LogP contribution in [0.1, 0.15) is 31.7 Å². The number of unbranched alkanes of at least 4 members (excludes halogenated alkanes) is 1. The van der Waals surface area contributed by atoms with E-state index in [1.807, 2.05) is 24.3 Å². The van der Waals surface area contributed by atoms with Gasteiger partial charge in [-0.15, -0.1) is 0 Å². The summed E-state index contributed by atoms with van der Waals surface area (Å²) in [7, 11) is 1.61. The zero-order valence-electron chi connectivity index (χ0n) is 11.0. The van der Waals surface area contributed by atoms with Crippen molar-refractivity contribution >= 4 is 5.97 Å². The van der Waals surface area contributed by atoms with E-state index >= 15 is 0 Å². The zero-order valence-corrected chi connectivity index (χ0v) is 11.0. The monoisotopic (exact) mass is 251 g/mol. The average Bonchev–Trinajstić information content (AvgIpc) is 2.42. The molecule has 1 aromatic carbocycles. The summed E-state index contributed by atoms with van der Waals surface area (Å²) in [4.78, 5) is 11.6. The lowest BCUT2D eigenvalue weighted by Crippen LogP contribution is -2.32. The van der Waals surface area contributed by atoms with Gasteiger partial charge in [-0.2, -0.15) is 0 Å². The van der Waals surface area contributed by atoms with Crippen molar-refractivity contribution in [3.05, 3.63) is 29.8 Å². The van der Waals surface area contributed by atoms with Crippen LogP contribution in [0.5, 0.6) is 5.75 Å². The van der Waals surface area contributed by atoms with Crippen molar-refractivity contribution in [2.45, 2.75) is 38.8 Å². The van der Waals surface area contributed by atoms with Gasteiger partial charge in [0.1, 0.15) is 18.4 Å². The molecule has 4 heteroatoms. The molecule has 4 nitrogen and oxygen atoms in total. The normalized spacial score (nSPS) is 11.9. The van der Waals surface area contributed by atoms with E-state index in [0.717, 1.165) is 24.2 Å². The summed E-state index contributed by atoms with van der Waals surface area (Å²) in [5.41, 5.74) is 6.64. The molecule has 0 saturated carbocycles. The van der Waals surface area contributed by atoms with Crippen LogP contribution in [-0.2, 0) is 16.1 Å². The van der Waals surface area contributed by atoms with Gasteiger partial charge in [0.25, 0.3) is 0 Å². The molecule has 0 spiro atoms. The first kappa shape index (κ1) is 14.5. The van der Waals surface area contributed by atoms with Gasteiger partial charge in [0.2, 0.25) is 0 Å². The van der Waals surface area contributed by atoms with E-state index in [-0.39, 0.29) is 12.6 Å². The molecule has 0 amide bonds. The fourth-order valence-corrected chi connectivity index (χ4v) is 1.53. The zero-order chi connectivity index (χ0) is 13.4. The average molecular weight is 251 g/mol. The number of hydrogen-bond donors (Lipinski definition) is 1. The molecule has 1 atom stereocenters. The third-order valence-electron chi connectivity index (χ3n) is 2.71. The van der Waals surface area contributed by atoms with Gasteiger partial charge < -0.3 is 15.2 Å². The number of nitrogens with two attached hydrogens (primary N) is 1. The summed E-state index contributed by atoms with van der Waals surface area (Å²) in [5, 5.41) is 0. The van der Waals surface area contributed by atoms with E-state index in [9.17, 15) is 4.79 Å². The molecular formula is C14H21NO3. The Bertz CT molecular complexity index is 362. The van der Waals surface area contributed by atoms with Gasteiger partial charge in [-0.05, 0) is 24.1 Å². The molecule has 0 radical (unpaired) electrons. The minimum Gasteiger partial charge on any atom is -0.497 e. The Balaban J connectivity index is 2.37. The number of esters is 1. The summed E-state index contributed by atoms with van der Waals surface area (Å²) in [6.07, 6.45) is 2.65. The quantitative estimate of drug-likeness (QED) is 0.755. The number of ether oxygens (including phenoxy) is 2. The third-order valence-corrected chi connectivity index (χ3v) is 2.71. The highest BCUT2D eigenvalue weighted by Gasteiger charge is 2.14. The van der Waals surface area contributed by atoms with Crippen molar-refractivity contribution in [3.63, 3.8) is 0 Å². The maximum absolute atomic E-state index is 11.6. The van der Waals surface area contributed by atoms with Gasteiger partial charge >= 0.3 is 5.97 Å². The molecular weight excluding hydrogens is 230 g/mol. The van der Waals surface area contributed by atoms with Gasteiger partial charge in [-0.3, -0.25) is 4.79 Å². The topological polar surface area (TPSA) is 61.6 Å². The standard InChI is InChI=1S/C14H21NO3/c1-3-4-5-13(15)14(16)18-10-11-6-8-12(17-2)9-7-11/h6-9,13H,3-5,10,15H2,1-2H3/t13-/m0/s1. The highest BCUT2D eigenvalue weighted by molar-refractivity contribution is 5.75. The summed E-state index contributed by atoms with van der Waals surface area (Å²) < 4.78 is 10.2. The van der Waals surface area contributed by atoms with Crippen molar-refractivity contribution in [1.29, 1.82) is 0 Å². The summed E-state index contributed by atoms with van der Waals surface area (Å²) in [5.74, 6) is 0.448. The molecule has 0 bridgehead atoms. The second-order valence-electron chi connectivity index (χ2n) is 4.20. The molecule has 2 N–H and O–H groups in total. The number of benzene rings is 1. The maximum atomic E-state index is 11.6. The first-order valence-corrected chi connectivity index (χ1v) is 6.22. The van der Waals surface area contributed by atoms with Crippen molar-refractivity contribution < 1.29 is 14.3 Å². The Labute approximate surface area is 108 Å². The Morgan fingerprint density at radius 2 is 2.00 bits per heavy atom. The molecule has 0 saturated heterocycles. The van der Waals surface area contributed by atoms with E-state index in [2.05, 4.69) is 6.92 Å². The fraction of sp³-hybridized carbons (Fsp3) is 0.500. The van der Waals surface area contributed by atoms with Crippen molar-refractivity contribution in [1.82, 2.24) is 0 Å². The largest absolute Gasteiger partial charge is 0.497 e. The van der Waals surface area contributed by atoms with Gasteiger partial charge in [0, 0.05) is 0 Å². The van der Waals surface area contributed by atoms with Gasteiger partial charge in [-0.1, -0.05) is 31.9 Å². The lowest BCUT2D eigenvalue weighted by molar-refractivity contribution is -0.146. The maximum Gasteiger partial charge on any atom is 0.323 e. The number of methoxy groups -OCH3 is 1. The molecule has 1 rings (SSSR count).